The molecule has 1 amide bonds. The summed E-state index contributed by atoms with van der Waals surface area (Å²) >= 11 is 13.7. The highest BCUT2D eigenvalue weighted by atomic mass is 35.5. The second kappa shape index (κ2) is 6.81. The zero-order valence-corrected chi connectivity index (χ0v) is 15.0. The second-order valence-electron chi connectivity index (χ2n) is 5.13. The number of carbonyl (C=O) groups is 1. The van der Waals surface area contributed by atoms with E-state index in [1.165, 1.54) is 11.3 Å². The van der Waals surface area contributed by atoms with E-state index in [1.54, 1.807) is 24.3 Å². The summed E-state index contributed by atoms with van der Waals surface area (Å²) in [5.74, 6) is 0.119. The Balaban J connectivity index is 2.05. The Labute approximate surface area is 153 Å². The van der Waals surface area contributed by atoms with Crippen LogP contribution < -0.4 is 11.1 Å². The summed E-state index contributed by atoms with van der Waals surface area (Å²) in [7, 11) is 0. The molecular weight excluding hydrogens is 365 g/mol. The number of halogens is 2. The standard InChI is InChI=1S/C17H13Cl2N3OS/c1-9-3-2-4-15(21-9)22-17-12(16(20)23)8-14(24-17)11-7-10(18)5-6-13(11)19/h2-8H,1H3,(H2,20,23)(H,21,22). The van der Waals surface area contributed by atoms with Crippen molar-refractivity contribution in [3.8, 4) is 10.4 Å². The van der Waals surface area contributed by atoms with Crippen LogP contribution in [0.3, 0.4) is 0 Å². The molecule has 0 aliphatic rings. The van der Waals surface area contributed by atoms with Gasteiger partial charge in [-0.15, -0.1) is 11.3 Å². The Hall–Kier alpha value is -2.08. The van der Waals surface area contributed by atoms with Crippen molar-refractivity contribution in [2.75, 3.05) is 5.32 Å². The predicted molar refractivity (Wildman–Crippen MR) is 101 cm³/mol. The smallest absolute Gasteiger partial charge is 0.251 e. The lowest BCUT2D eigenvalue weighted by Crippen LogP contribution is -2.11. The lowest BCUT2D eigenvalue weighted by molar-refractivity contribution is 0.100. The minimum atomic E-state index is -0.522. The lowest BCUT2D eigenvalue weighted by atomic mass is 10.1. The molecule has 0 saturated carbocycles. The van der Waals surface area contributed by atoms with Crippen molar-refractivity contribution in [2.45, 2.75) is 6.92 Å². The third-order valence-corrected chi connectivity index (χ3v) is 4.97. The molecule has 0 fully saturated rings. The lowest BCUT2D eigenvalue weighted by Gasteiger charge is -2.05. The highest BCUT2D eigenvalue weighted by Crippen LogP contribution is 2.40. The number of benzene rings is 1. The molecule has 0 saturated heterocycles. The fourth-order valence-corrected chi connectivity index (χ4v) is 3.76. The van der Waals surface area contributed by atoms with Gasteiger partial charge in [0.05, 0.1) is 5.56 Å². The molecule has 3 N–H and O–H groups in total. The normalized spacial score (nSPS) is 10.6. The van der Waals surface area contributed by atoms with Crippen molar-refractivity contribution in [3.63, 3.8) is 0 Å². The average molecular weight is 378 g/mol. The maximum Gasteiger partial charge on any atom is 0.251 e. The number of nitrogens with zero attached hydrogens (tertiary/aromatic N) is 1. The van der Waals surface area contributed by atoms with E-state index < -0.39 is 5.91 Å². The number of anilines is 2. The molecule has 122 valence electrons. The van der Waals surface area contributed by atoms with Crippen LogP contribution >= 0.6 is 34.5 Å². The molecule has 2 aromatic heterocycles. The van der Waals surface area contributed by atoms with Gasteiger partial charge in [0, 0.05) is 26.2 Å². The molecule has 0 unspecified atom stereocenters. The van der Waals surface area contributed by atoms with E-state index in [-0.39, 0.29) is 0 Å². The first kappa shape index (κ1) is 16.8. The van der Waals surface area contributed by atoms with Crippen LogP contribution in [0.2, 0.25) is 10.0 Å². The topological polar surface area (TPSA) is 68.0 Å². The Morgan fingerprint density at radius 3 is 2.71 bits per heavy atom. The van der Waals surface area contributed by atoms with Gasteiger partial charge in [-0.1, -0.05) is 29.3 Å². The first-order valence-electron chi connectivity index (χ1n) is 7.04. The number of carbonyl (C=O) groups excluding carboxylic acids is 1. The summed E-state index contributed by atoms with van der Waals surface area (Å²) in [5.41, 5.74) is 7.51. The summed E-state index contributed by atoms with van der Waals surface area (Å²) in [6, 6.07) is 12.5. The minimum Gasteiger partial charge on any atom is -0.366 e. The van der Waals surface area contributed by atoms with Crippen LogP contribution in [0.15, 0.2) is 42.5 Å². The maximum atomic E-state index is 11.8. The molecule has 0 spiro atoms. The van der Waals surface area contributed by atoms with E-state index in [0.29, 0.717) is 26.4 Å². The van der Waals surface area contributed by atoms with Gasteiger partial charge >= 0.3 is 0 Å². The highest BCUT2D eigenvalue weighted by molar-refractivity contribution is 7.20. The number of rotatable bonds is 4. The summed E-state index contributed by atoms with van der Waals surface area (Å²) in [5, 5.41) is 4.89. The van der Waals surface area contributed by atoms with Crippen molar-refractivity contribution < 1.29 is 4.79 Å². The van der Waals surface area contributed by atoms with Crippen LogP contribution in [0.25, 0.3) is 10.4 Å². The van der Waals surface area contributed by atoms with Crippen LogP contribution in [0.1, 0.15) is 16.1 Å². The summed E-state index contributed by atoms with van der Waals surface area (Å²) in [6.45, 7) is 1.89. The van der Waals surface area contributed by atoms with Gasteiger partial charge in [-0.05, 0) is 43.3 Å². The molecule has 3 rings (SSSR count). The predicted octanol–water partition coefficient (Wildman–Crippen LogP) is 5.27. The third-order valence-electron chi connectivity index (χ3n) is 3.32. The van der Waals surface area contributed by atoms with E-state index in [9.17, 15) is 4.79 Å². The van der Waals surface area contributed by atoms with Crippen LogP contribution in [-0.2, 0) is 0 Å². The molecule has 0 bridgehead atoms. The summed E-state index contributed by atoms with van der Waals surface area (Å²) in [6.07, 6.45) is 0. The van der Waals surface area contributed by atoms with Gasteiger partial charge in [0.15, 0.2) is 0 Å². The van der Waals surface area contributed by atoms with Crippen molar-refractivity contribution in [2.24, 2.45) is 5.73 Å². The number of hydrogen-bond donors (Lipinski definition) is 2. The van der Waals surface area contributed by atoms with Crippen LogP contribution in [0.5, 0.6) is 0 Å². The Morgan fingerprint density at radius 2 is 2.00 bits per heavy atom. The number of amides is 1. The fourth-order valence-electron chi connectivity index (χ4n) is 2.21. The third kappa shape index (κ3) is 3.53. The zero-order chi connectivity index (χ0) is 17.3. The van der Waals surface area contributed by atoms with Crippen molar-refractivity contribution in [1.29, 1.82) is 0 Å². The number of pyridine rings is 1. The van der Waals surface area contributed by atoms with E-state index in [2.05, 4.69) is 10.3 Å². The van der Waals surface area contributed by atoms with Crippen LogP contribution in [0.4, 0.5) is 10.8 Å². The quantitative estimate of drug-likeness (QED) is 0.650. The van der Waals surface area contributed by atoms with Crippen molar-refractivity contribution in [3.05, 3.63) is 63.8 Å². The van der Waals surface area contributed by atoms with E-state index in [1.807, 2.05) is 25.1 Å². The molecule has 0 aliphatic carbocycles. The molecule has 1 aromatic carbocycles. The highest BCUT2D eigenvalue weighted by Gasteiger charge is 2.17. The number of thiophene rings is 1. The van der Waals surface area contributed by atoms with Crippen LogP contribution in [0, 0.1) is 6.92 Å². The van der Waals surface area contributed by atoms with Crippen molar-refractivity contribution >= 4 is 51.3 Å². The first-order valence-corrected chi connectivity index (χ1v) is 8.61. The van der Waals surface area contributed by atoms with E-state index in [4.69, 9.17) is 28.9 Å². The molecule has 0 aliphatic heterocycles. The van der Waals surface area contributed by atoms with Gasteiger partial charge < -0.3 is 11.1 Å². The number of aromatic nitrogens is 1. The van der Waals surface area contributed by atoms with Crippen molar-refractivity contribution in [1.82, 2.24) is 4.98 Å². The average Bonchev–Trinajstić information content (AvgIpc) is 2.93. The largest absolute Gasteiger partial charge is 0.366 e. The number of nitrogens with two attached hydrogens (primary N) is 1. The second-order valence-corrected chi connectivity index (χ2v) is 7.03. The number of hydrogen-bond acceptors (Lipinski definition) is 4. The monoisotopic (exact) mass is 377 g/mol. The molecule has 24 heavy (non-hydrogen) atoms. The number of nitrogens with one attached hydrogen (secondary N) is 1. The molecule has 0 atom stereocenters. The molecule has 7 heteroatoms. The van der Waals surface area contributed by atoms with Gasteiger partial charge in [0.1, 0.15) is 10.8 Å². The van der Waals surface area contributed by atoms with Gasteiger partial charge in [-0.3, -0.25) is 4.79 Å². The molecule has 2 heterocycles. The summed E-state index contributed by atoms with van der Waals surface area (Å²) in [4.78, 5) is 17.0. The Kier molecular flexibility index (Phi) is 4.76. The SMILES string of the molecule is Cc1cccc(Nc2sc(-c3cc(Cl)ccc3Cl)cc2C(N)=O)n1. The van der Waals surface area contributed by atoms with Crippen LogP contribution in [-0.4, -0.2) is 10.9 Å². The molecule has 0 radical (unpaired) electrons. The van der Waals surface area contributed by atoms with Gasteiger partial charge in [-0.2, -0.15) is 0 Å². The number of primary amides is 1. The maximum absolute atomic E-state index is 11.8. The number of aryl methyl sites for hydroxylation is 1. The zero-order valence-electron chi connectivity index (χ0n) is 12.6. The first-order chi connectivity index (χ1) is 11.4. The molecule has 4 nitrogen and oxygen atoms in total. The van der Waals surface area contributed by atoms with E-state index in [0.717, 1.165) is 16.1 Å². The Morgan fingerprint density at radius 1 is 1.21 bits per heavy atom. The fraction of sp³-hybridized carbons (Fsp3) is 0.0588. The molecular formula is C17H13Cl2N3OS. The van der Waals surface area contributed by atoms with Gasteiger partial charge in [0.25, 0.3) is 5.91 Å². The van der Waals surface area contributed by atoms with E-state index >= 15 is 0 Å². The van der Waals surface area contributed by atoms with Gasteiger partial charge in [0.2, 0.25) is 0 Å². The van der Waals surface area contributed by atoms with Gasteiger partial charge in [-0.25, -0.2) is 4.98 Å². The molecule has 3 aromatic rings. The Bertz CT molecular complexity index is 924. The minimum absolute atomic E-state index is 0.384. The summed E-state index contributed by atoms with van der Waals surface area (Å²) < 4.78 is 0.